The van der Waals surface area contributed by atoms with Crippen LogP contribution in [0.2, 0.25) is 0 Å². The molecular formula is C16H34N2O4. The fourth-order valence-electron chi connectivity index (χ4n) is 2.82. The fraction of sp³-hybridized carbons (Fsp3) is 1.00. The predicted molar refractivity (Wildman–Crippen MR) is 86.2 cm³/mol. The van der Waals surface area contributed by atoms with E-state index in [9.17, 15) is 10.2 Å². The smallest absolute Gasteiger partial charge is 0.213 e. The van der Waals surface area contributed by atoms with Crippen LogP contribution in [0.1, 0.15) is 46.0 Å². The third kappa shape index (κ3) is 7.35. The quantitative estimate of drug-likeness (QED) is 0.336. The molecule has 0 spiro atoms. The molecule has 1 aliphatic heterocycles. The number of aliphatic hydroxyl groups excluding tert-OH is 2. The average Bonchev–Trinajstić information content (AvgIpc) is 2.56. The zero-order chi connectivity index (χ0) is 16.4. The Kier molecular flexibility index (Phi) is 10.2. The number of methoxy groups -OCH3 is 1. The first kappa shape index (κ1) is 19.8. The van der Waals surface area contributed by atoms with Crippen LogP contribution < -0.4 is 10.6 Å². The second kappa shape index (κ2) is 11.3. The molecule has 0 aromatic heterocycles. The summed E-state index contributed by atoms with van der Waals surface area (Å²) in [4.78, 5) is 0. The van der Waals surface area contributed by atoms with E-state index in [4.69, 9.17) is 9.47 Å². The maximum atomic E-state index is 10.4. The lowest BCUT2D eigenvalue weighted by Crippen LogP contribution is -2.56. The van der Waals surface area contributed by atoms with Gasteiger partial charge in [0.25, 0.3) is 0 Å². The Hall–Kier alpha value is -0.240. The minimum atomic E-state index is -1.07. The minimum absolute atomic E-state index is 0.248. The van der Waals surface area contributed by atoms with E-state index in [-0.39, 0.29) is 12.0 Å². The van der Waals surface area contributed by atoms with Crippen molar-refractivity contribution < 1.29 is 19.7 Å². The van der Waals surface area contributed by atoms with E-state index >= 15 is 0 Å². The highest BCUT2D eigenvalue weighted by Crippen LogP contribution is 2.21. The van der Waals surface area contributed by atoms with Gasteiger partial charge in [-0.1, -0.05) is 20.3 Å². The summed E-state index contributed by atoms with van der Waals surface area (Å²) < 4.78 is 10.2. The van der Waals surface area contributed by atoms with Crippen LogP contribution in [0.4, 0.5) is 0 Å². The predicted octanol–water partition coefficient (Wildman–Crippen LogP) is 1.03. The van der Waals surface area contributed by atoms with Crippen molar-refractivity contribution in [2.45, 2.75) is 64.6 Å². The number of nitrogens with one attached hydrogen (secondary N) is 2. The van der Waals surface area contributed by atoms with Crippen LogP contribution in [-0.4, -0.2) is 55.8 Å². The molecule has 1 aliphatic rings. The van der Waals surface area contributed by atoms with Gasteiger partial charge in [0.1, 0.15) is 6.23 Å². The molecule has 1 saturated heterocycles. The summed E-state index contributed by atoms with van der Waals surface area (Å²) >= 11 is 0. The highest BCUT2D eigenvalue weighted by Gasteiger charge is 2.31. The lowest BCUT2D eigenvalue weighted by molar-refractivity contribution is -0.122. The van der Waals surface area contributed by atoms with Crippen molar-refractivity contribution in [3.8, 4) is 0 Å². The van der Waals surface area contributed by atoms with Crippen LogP contribution >= 0.6 is 0 Å². The van der Waals surface area contributed by atoms with Crippen LogP contribution in [0.5, 0.6) is 0 Å². The molecule has 0 aromatic rings. The maximum absolute atomic E-state index is 10.4. The molecule has 6 nitrogen and oxygen atoms in total. The number of hydrogen-bond acceptors (Lipinski definition) is 6. The van der Waals surface area contributed by atoms with Crippen molar-refractivity contribution in [2.75, 3.05) is 26.9 Å². The number of aliphatic hydroxyl groups is 2. The summed E-state index contributed by atoms with van der Waals surface area (Å²) in [6.45, 7) is 6.62. The molecule has 0 saturated carbocycles. The third-order valence-electron chi connectivity index (χ3n) is 4.60. The summed E-state index contributed by atoms with van der Waals surface area (Å²) in [5, 5.41) is 26.3. The fourth-order valence-corrected chi connectivity index (χ4v) is 2.82. The van der Waals surface area contributed by atoms with E-state index in [1.165, 1.54) is 13.5 Å². The van der Waals surface area contributed by atoms with Crippen molar-refractivity contribution >= 4 is 0 Å². The Bertz CT molecular complexity index is 275. The van der Waals surface area contributed by atoms with E-state index in [2.05, 4.69) is 24.5 Å². The topological polar surface area (TPSA) is 83.0 Å². The number of ether oxygens (including phenoxy) is 2. The van der Waals surface area contributed by atoms with Gasteiger partial charge < -0.3 is 19.7 Å². The molecule has 0 aliphatic carbocycles. The molecule has 0 aromatic carbocycles. The highest BCUT2D eigenvalue weighted by atomic mass is 16.6. The van der Waals surface area contributed by atoms with Crippen LogP contribution in [0.25, 0.3) is 0 Å². The maximum Gasteiger partial charge on any atom is 0.213 e. The van der Waals surface area contributed by atoms with Crippen molar-refractivity contribution in [1.29, 1.82) is 0 Å². The van der Waals surface area contributed by atoms with Crippen LogP contribution in [0.15, 0.2) is 0 Å². The standard InChI is InChI=1S/C16H34N2O4/c1-4-12(2)6-5-9-17-15(19)14(18-16(20)21-3)13-7-10-22-11-8-13/h12-20H,4-11H2,1-3H3/t12-,14+,15-,16?/m1/s1. The zero-order valence-corrected chi connectivity index (χ0v) is 14.3. The SMILES string of the molecule is CC[C@@H](C)CCCN[C@H](O)[C@@H](NC(O)OC)C1CCOCC1. The van der Waals surface area contributed by atoms with Crippen molar-refractivity contribution in [3.05, 3.63) is 0 Å². The first-order valence-corrected chi connectivity index (χ1v) is 8.54. The molecule has 1 heterocycles. The number of rotatable bonds is 11. The van der Waals surface area contributed by atoms with Gasteiger partial charge in [-0.2, -0.15) is 0 Å². The molecule has 0 bridgehead atoms. The van der Waals surface area contributed by atoms with Crippen LogP contribution in [-0.2, 0) is 9.47 Å². The van der Waals surface area contributed by atoms with Crippen molar-refractivity contribution in [2.24, 2.45) is 11.8 Å². The second-order valence-electron chi connectivity index (χ2n) is 6.28. The Morgan fingerprint density at radius 1 is 1.27 bits per heavy atom. The van der Waals surface area contributed by atoms with Crippen LogP contribution in [0.3, 0.4) is 0 Å². The van der Waals surface area contributed by atoms with Crippen LogP contribution in [0, 0.1) is 11.8 Å². The molecule has 0 radical (unpaired) electrons. The van der Waals surface area contributed by atoms with Gasteiger partial charge in [-0.05, 0) is 44.1 Å². The second-order valence-corrected chi connectivity index (χ2v) is 6.28. The summed E-state index contributed by atoms with van der Waals surface area (Å²) in [6.07, 6.45) is 3.37. The monoisotopic (exact) mass is 318 g/mol. The molecule has 0 amide bonds. The normalized spacial score (nSPS) is 22.2. The van der Waals surface area contributed by atoms with Gasteiger partial charge in [0.05, 0.1) is 6.04 Å². The van der Waals surface area contributed by atoms with Gasteiger partial charge >= 0.3 is 0 Å². The molecule has 4 atom stereocenters. The van der Waals surface area contributed by atoms with Gasteiger partial charge in [-0.15, -0.1) is 0 Å². The first-order chi connectivity index (χ1) is 10.6. The summed E-state index contributed by atoms with van der Waals surface area (Å²) in [5.74, 6) is 0.981. The molecule has 4 N–H and O–H groups in total. The van der Waals surface area contributed by atoms with Crippen molar-refractivity contribution in [1.82, 2.24) is 10.6 Å². The zero-order valence-electron chi connectivity index (χ0n) is 14.3. The Morgan fingerprint density at radius 3 is 2.55 bits per heavy atom. The Labute approximate surface area is 134 Å². The molecule has 1 fully saturated rings. The summed E-state index contributed by atoms with van der Waals surface area (Å²) in [6, 6.07) is -0.248. The highest BCUT2D eigenvalue weighted by molar-refractivity contribution is 4.83. The molecule has 22 heavy (non-hydrogen) atoms. The summed E-state index contributed by atoms with van der Waals surface area (Å²) in [7, 11) is 1.44. The van der Waals surface area contributed by atoms with Gasteiger partial charge in [0.2, 0.25) is 6.41 Å². The third-order valence-corrected chi connectivity index (χ3v) is 4.60. The lowest BCUT2D eigenvalue weighted by Gasteiger charge is -2.35. The largest absolute Gasteiger partial charge is 0.381 e. The van der Waals surface area contributed by atoms with Gasteiger partial charge in [0.15, 0.2) is 0 Å². The number of hydrogen-bond donors (Lipinski definition) is 4. The molecule has 6 heteroatoms. The minimum Gasteiger partial charge on any atom is -0.381 e. The van der Waals surface area contributed by atoms with Gasteiger partial charge in [-0.25, -0.2) is 0 Å². The average molecular weight is 318 g/mol. The first-order valence-electron chi connectivity index (χ1n) is 8.54. The van der Waals surface area contributed by atoms with Crippen molar-refractivity contribution in [3.63, 3.8) is 0 Å². The molecule has 132 valence electrons. The van der Waals surface area contributed by atoms with E-state index < -0.39 is 12.6 Å². The molecule has 1 rings (SSSR count). The Morgan fingerprint density at radius 2 is 1.95 bits per heavy atom. The molecular weight excluding hydrogens is 284 g/mol. The molecule has 1 unspecified atom stereocenters. The Balaban J connectivity index is 2.42. The summed E-state index contributed by atoms with van der Waals surface area (Å²) in [5.41, 5.74) is 0. The van der Waals surface area contributed by atoms with Gasteiger partial charge in [0, 0.05) is 20.3 Å². The van der Waals surface area contributed by atoms with E-state index in [1.54, 1.807) is 0 Å². The van der Waals surface area contributed by atoms with E-state index in [0.717, 1.165) is 38.1 Å². The van der Waals surface area contributed by atoms with E-state index in [0.29, 0.717) is 13.2 Å². The van der Waals surface area contributed by atoms with E-state index in [1.807, 2.05) is 0 Å². The van der Waals surface area contributed by atoms with Gasteiger partial charge in [-0.3, -0.25) is 10.6 Å². The lowest BCUT2D eigenvalue weighted by atomic mass is 9.90.